The molecule has 1 rings (SSSR count). The molecule has 0 atom stereocenters. The van der Waals surface area contributed by atoms with Gasteiger partial charge in [-0.25, -0.2) is 9.67 Å². The Hall–Kier alpha value is -1.92. The lowest BCUT2D eigenvalue weighted by molar-refractivity contribution is -0.147. The number of rotatable bonds is 5. The van der Waals surface area contributed by atoms with Crippen molar-refractivity contribution < 1.29 is 14.3 Å². The minimum Gasteiger partial charge on any atom is -0.468 e. The van der Waals surface area contributed by atoms with Crippen molar-refractivity contribution in [1.82, 2.24) is 19.7 Å². The predicted octanol–water partition coefficient (Wildman–Crippen LogP) is -0.700. The van der Waals surface area contributed by atoms with Gasteiger partial charge in [0.05, 0.1) is 7.11 Å². The number of carbonyl (C=O) groups is 2. The van der Waals surface area contributed by atoms with Gasteiger partial charge in [0.25, 0.3) is 0 Å². The molecule has 1 heterocycles. The monoisotopic (exact) mass is 226 g/mol. The maximum absolute atomic E-state index is 11.7. The lowest BCUT2D eigenvalue weighted by Crippen LogP contribution is -2.38. The zero-order valence-corrected chi connectivity index (χ0v) is 9.29. The molecule has 0 radical (unpaired) electrons. The van der Waals surface area contributed by atoms with Gasteiger partial charge in [-0.1, -0.05) is 0 Å². The summed E-state index contributed by atoms with van der Waals surface area (Å²) in [6.07, 6.45) is 2.80. The molecule has 0 aliphatic rings. The van der Waals surface area contributed by atoms with Crippen LogP contribution in [0.2, 0.25) is 0 Å². The van der Waals surface area contributed by atoms with E-state index in [9.17, 15) is 9.59 Å². The second-order valence-corrected chi connectivity index (χ2v) is 3.08. The summed E-state index contributed by atoms with van der Waals surface area (Å²) in [5.41, 5.74) is 0. The lowest BCUT2D eigenvalue weighted by Gasteiger charge is -2.18. The fourth-order valence-electron chi connectivity index (χ4n) is 1.15. The first-order valence-electron chi connectivity index (χ1n) is 4.84. The summed E-state index contributed by atoms with van der Waals surface area (Å²) in [5, 5.41) is 3.81. The molecule has 0 spiro atoms. The van der Waals surface area contributed by atoms with E-state index >= 15 is 0 Å². The predicted molar refractivity (Wildman–Crippen MR) is 54.3 cm³/mol. The van der Waals surface area contributed by atoms with Crippen molar-refractivity contribution in [1.29, 1.82) is 0 Å². The van der Waals surface area contributed by atoms with Gasteiger partial charge in [0.15, 0.2) is 0 Å². The van der Waals surface area contributed by atoms with Crippen molar-refractivity contribution in [3.8, 4) is 0 Å². The van der Waals surface area contributed by atoms with Crippen LogP contribution in [0.5, 0.6) is 0 Å². The first-order chi connectivity index (χ1) is 7.67. The van der Waals surface area contributed by atoms with Gasteiger partial charge in [-0.2, -0.15) is 5.10 Å². The summed E-state index contributed by atoms with van der Waals surface area (Å²) in [6.45, 7) is 2.27. The Labute approximate surface area is 93.0 Å². The molecule has 0 aromatic carbocycles. The average molecular weight is 226 g/mol. The van der Waals surface area contributed by atoms with E-state index in [0.29, 0.717) is 6.54 Å². The Kier molecular flexibility index (Phi) is 4.43. The van der Waals surface area contributed by atoms with Crippen LogP contribution in [0.3, 0.4) is 0 Å². The van der Waals surface area contributed by atoms with E-state index in [0.717, 1.165) is 0 Å². The second-order valence-electron chi connectivity index (χ2n) is 3.08. The van der Waals surface area contributed by atoms with Crippen LogP contribution in [0.15, 0.2) is 12.7 Å². The van der Waals surface area contributed by atoms with Crippen LogP contribution < -0.4 is 0 Å². The zero-order valence-electron chi connectivity index (χ0n) is 9.29. The van der Waals surface area contributed by atoms with Crippen LogP contribution in [0.4, 0.5) is 0 Å². The van der Waals surface area contributed by atoms with Crippen LogP contribution >= 0.6 is 0 Å². The number of carbonyl (C=O) groups excluding carboxylic acids is 2. The molecule has 88 valence electrons. The fraction of sp³-hybridized carbons (Fsp3) is 0.556. The van der Waals surface area contributed by atoms with E-state index in [1.807, 2.05) is 0 Å². The van der Waals surface area contributed by atoms with Crippen molar-refractivity contribution in [2.45, 2.75) is 13.5 Å². The maximum atomic E-state index is 11.7. The molecule has 0 unspecified atom stereocenters. The van der Waals surface area contributed by atoms with Crippen LogP contribution in [0.25, 0.3) is 0 Å². The van der Waals surface area contributed by atoms with E-state index in [1.54, 1.807) is 6.92 Å². The van der Waals surface area contributed by atoms with E-state index in [4.69, 9.17) is 0 Å². The Morgan fingerprint density at radius 2 is 2.25 bits per heavy atom. The Morgan fingerprint density at radius 1 is 1.50 bits per heavy atom. The van der Waals surface area contributed by atoms with Gasteiger partial charge >= 0.3 is 5.97 Å². The summed E-state index contributed by atoms with van der Waals surface area (Å²) in [7, 11) is 1.29. The minimum absolute atomic E-state index is 0.0411. The molecule has 0 saturated carbocycles. The van der Waals surface area contributed by atoms with Crippen LogP contribution in [0.1, 0.15) is 6.92 Å². The second kappa shape index (κ2) is 5.84. The maximum Gasteiger partial charge on any atom is 0.325 e. The molecule has 0 fully saturated rings. The Bertz CT molecular complexity index is 350. The number of hydrogen-bond acceptors (Lipinski definition) is 5. The van der Waals surface area contributed by atoms with Gasteiger partial charge < -0.3 is 9.64 Å². The Morgan fingerprint density at radius 3 is 2.75 bits per heavy atom. The topological polar surface area (TPSA) is 77.3 Å². The van der Waals surface area contributed by atoms with Crippen LogP contribution in [-0.4, -0.2) is 51.7 Å². The standard InChI is InChI=1S/C9H14N4O3/c1-3-12(5-9(15)16-2)8(14)4-13-7-10-6-11-13/h6-7H,3-5H2,1-2H3. The number of likely N-dealkylation sites (N-methyl/N-ethyl adjacent to an activating group) is 1. The molecule has 7 nitrogen and oxygen atoms in total. The van der Waals surface area contributed by atoms with Gasteiger partial charge in [-0.15, -0.1) is 0 Å². The molecular formula is C9H14N4O3. The molecule has 7 heteroatoms. The largest absolute Gasteiger partial charge is 0.468 e. The van der Waals surface area contributed by atoms with Crippen molar-refractivity contribution in [3.05, 3.63) is 12.7 Å². The minimum atomic E-state index is -0.436. The number of esters is 1. The highest BCUT2D eigenvalue weighted by Crippen LogP contribution is 1.94. The molecular weight excluding hydrogens is 212 g/mol. The quantitative estimate of drug-likeness (QED) is 0.620. The summed E-state index contributed by atoms with van der Waals surface area (Å²) >= 11 is 0. The van der Waals surface area contributed by atoms with E-state index < -0.39 is 5.97 Å². The molecule has 1 aromatic heterocycles. The van der Waals surface area contributed by atoms with Crippen molar-refractivity contribution in [3.63, 3.8) is 0 Å². The Balaban J connectivity index is 2.52. The molecule has 1 amide bonds. The molecule has 1 aromatic rings. The van der Waals surface area contributed by atoms with Gasteiger partial charge in [0.2, 0.25) is 5.91 Å². The number of aromatic nitrogens is 3. The SMILES string of the molecule is CCN(CC(=O)OC)C(=O)Cn1cncn1. The number of amides is 1. The smallest absolute Gasteiger partial charge is 0.325 e. The molecule has 16 heavy (non-hydrogen) atoms. The number of hydrogen-bond donors (Lipinski definition) is 0. The van der Waals surface area contributed by atoms with E-state index in [1.165, 1.54) is 29.3 Å². The average Bonchev–Trinajstić information content (AvgIpc) is 2.77. The van der Waals surface area contributed by atoms with Gasteiger partial charge in [-0.3, -0.25) is 9.59 Å². The molecule has 0 aliphatic carbocycles. The van der Waals surface area contributed by atoms with Crippen molar-refractivity contribution >= 4 is 11.9 Å². The van der Waals surface area contributed by atoms with Gasteiger partial charge in [-0.05, 0) is 6.92 Å². The summed E-state index contributed by atoms with van der Waals surface area (Å²) in [5.74, 6) is -0.632. The fourth-order valence-corrected chi connectivity index (χ4v) is 1.15. The van der Waals surface area contributed by atoms with Gasteiger partial charge in [0.1, 0.15) is 25.7 Å². The first kappa shape index (κ1) is 12.2. The first-order valence-corrected chi connectivity index (χ1v) is 4.84. The summed E-state index contributed by atoms with van der Waals surface area (Å²) in [6, 6.07) is 0. The lowest BCUT2D eigenvalue weighted by atomic mass is 10.4. The van der Waals surface area contributed by atoms with Crippen LogP contribution in [0, 0.1) is 0 Å². The highest BCUT2D eigenvalue weighted by molar-refractivity contribution is 5.81. The van der Waals surface area contributed by atoms with Crippen LogP contribution in [-0.2, 0) is 20.9 Å². The molecule has 0 saturated heterocycles. The molecule has 0 bridgehead atoms. The molecule has 0 aliphatic heterocycles. The summed E-state index contributed by atoms with van der Waals surface area (Å²) in [4.78, 5) is 27.9. The van der Waals surface area contributed by atoms with Crippen molar-refractivity contribution in [2.75, 3.05) is 20.2 Å². The third-order valence-corrected chi connectivity index (χ3v) is 2.05. The van der Waals surface area contributed by atoms with Crippen molar-refractivity contribution in [2.24, 2.45) is 0 Å². The van der Waals surface area contributed by atoms with E-state index in [2.05, 4.69) is 14.8 Å². The highest BCUT2D eigenvalue weighted by Gasteiger charge is 2.16. The number of ether oxygens (including phenoxy) is 1. The molecule has 0 N–H and O–H groups in total. The summed E-state index contributed by atoms with van der Waals surface area (Å²) < 4.78 is 5.91. The van der Waals surface area contributed by atoms with E-state index in [-0.39, 0.29) is 19.0 Å². The zero-order chi connectivity index (χ0) is 12.0. The van der Waals surface area contributed by atoms with Gasteiger partial charge in [0, 0.05) is 6.54 Å². The number of methoxy groups -OCH3 is 1. The highest BCUT2D eigenvalue weighted by atomic mass is 16.5. The normalized spacial score (nSPS) is 9.88. The third-order valence-electron chi connectivity index (χ3n) is 2.05. The third kappa shape index (κ3) is 3.34. The number of nitrogens with zero attached hydrogens (tertiary/aromatic N) is 4.